The zero-order valence-electron chi connectivity index (χ0n) is 9.29. The van der Waals surface area contributed by atoms with E-state index in [2.05, 4.69) is 18.6 Å². The maximum absolute atomic E-state index is 12.6. The number of benzene rings is 1. The van der Waals surface area contributed by atoms with E-state index in [0.29, 0.717) is 6.04 Å². The lowest BCUT2D eigenvalue weighted by Crippen LogP contribution is -2.21. The van der Waals surface area contributed by atoms with Gasteiger partial charge in [0, 0.05) is 10.9 Å². The number of hydrogen-bond donors (Lipinski definition) is 1. The highest BCUT2D eigenvalue weighted by atomic mass is 32.2. The van der Waals surface area contributed by atoms with Gasteiger partial charge in [-0.05, 0) is 49.1 Å². The normalized spacial score (nSPS) is 12.7. The highest BCUT2D eigenvalue weighted by Crippen LogP contribution is 2.17. The molecule has 15 heavy (non-hydrogen) atoms. The standard InChI is InChI=1S/C12H18FNS/c1-3-5-11(4-2)14-15-12-8-6-10(13)7-9-12/h6-9,11,14H,3-5H2,1-2H3. The number of hydrogen-bond acceptors (Lipinski definition) is 2. The lowest BCUT2D eigenvalue weighted by atomic mass is 10.1. The van der Waals surface area contributed by atoms with E-state index in [0.717, 1.165) is 11.3 Å². The van der Waals surface area contributed by atoms with Crippen LogP contribution < -0.4 is 4.72 Å². The van der Waals surface area contributed by atoms with Crippen LogP contribution >= 0.6 is 11.9 Å². The summed E-state index contributed by atoms with van der Waals surface area (Å²) in [6.07, 6.45) is 3.50. The first-order chi connectivity index (χ1) is 7.26. The third kappa shape index (κ3) is 4.67. The van der Waals surface area contributed by atoms with Crippen molar-refractivity contribution in [2.24, 2.45) is 0 Å². The molecule has 0 aliphatic carbocycles. The second-order valence-electron chi connectivity index (χ2n) is 3.57. The fourth-order valence-corrected chi connectivity index (χ4v) is 2.21. The van der Waals surface area contributed by atoms with Crippen molar-refractivity contribution < 1.29 is 4.39 Å². The molecule has 0 saturated heterocycles. The minimum absolute atomic E-state index is 0.181. The Hall–Kier alpha value is -0.540. The summed E-state index contributed by atoms with van der Waals surface area (Å²) in [6.45, 7) is 4.37. The van der Waals surface area contributed by atoms with Crippen molar-refractivity contribution in [3.63, 3.8) is 0 Å². The van der Waals surface area contributed by atoms with Gasteiger partial charge in [0.2, 0.25) is 0 Å². The van der Waals surface area contributed by atoms with Gasteiger partial charge in [-0.15, -0.1) is 0 Å². The van der Waals surface area contributed by atoms with E-state index in [1.807, 2.05) is 0 Å². The molecule has 3 heteroatoms. The van der Waals surface area contributed by atoms with Crippen LogP contribution in [0.5, 0.6) is 0 Å². The van der Waals surface area contributed by atoms with E-state index in [-0.39, 0.29) is 5.82 Å². The van der Waals surface area contributed by atoms with Crippen molar-refractivity contribution in [1.29, 1.82) is 0 Å². The van der Waals surface area contributed by atoms with Gasteiger partial charge in [0.15, 0.2) is 0 Å². The summed E-state index contributed by atoms with van der Waals surface area (Å²) in [6, 6.07) is 7.12. The van der Waals surface area contributed by atoms with E-state index in [9.17, 15) is 4.39 Å². The Morgan fingerprint density at radius 3 is 2.47 bits per heavy atom. The molecule has 1 aromatic rings. The molecular weight excluding hydrogens is 209 g/mol. The third-order valence-electron chi connectivity index (χ3n) is 2.29. The Morgan fingerprint density at radius 2 is 1.93 bits per heavy atom. The van der Waals surface area contributed by atoms with Gasteiger partial charge in [-0.2, -0.15) is 0 Å². The average Bonchev–Trinajstić information content (AvgIpc) is 2.26. The summed E-state index contributed by atoms with van der Waals surface area (Å²) in [4.78, 5) is 1.06. The zero-order chi connectivity index (χ0) is 11.1. The van der Waals surface area contributed by atoms with Crippen LogP contribution in [0.4, 0.5) is 4.39 Å². The molecule has 0 aliphatic rings. The minimum atomic E-state index is -0.181. The lowest BCUT2D eigenvalue weighted by Gasteiger charge is -2.14. The molecule has 1 unspecified atom stereocenters. The number of rotatable bonds is 6. The summed E-state index contributed by atoms with van der Waals surface area (Å²) >= 11 is 1.59. The van der Waals surface area contributed by atoms with E-state index in [1.165, 1.54) is 25.0 Å². The van der Waals surface area contributed by atoms with E-state index >= 15 is 0 Å². The molecule has 1 N–H and O–H groups in total. The molecule has 0 bridgehead atoms. The second-order valence-corrected chi connectivity index (χ2v) is 4.48. The maximum Gasteiger partial charge on any atom is 0.123 e. The summed E-state index contributed by atoms with van der Waals surface area (Å²) < 4.78 is 16.0. The molecule has 0 amide bonds. The predicted octanol–water partition coefficient (Wildman–Crippen LogP) is 4.00. The van der Waals surface area contributed by atoms with Crippen molar-refractivity contribution in [2.75, 3.05) is 0 Å². The van der Waals surface area contributed by atoms with Gasteiger partial charge in [0.25, 0.3) is 0 Å². The Balaban J connectivity index is 2.38. The molecule has 1 aromatic carbocycles. The van der Waals surface area contributed by atoms with Crippen LogP contribution in [0.25, 0.3) is 0 Å². The Labute approximate surface area is 95.6 Å². The molecule has 1 nitrogen and oxygen atoms in total. The highest BCUT2D eigenvalue weighted by Gasteiger charge is 2.04. The van der Waals surface area contributed by atoms with Crippen LogP contribution in [-0.4, -0.2) is 6.04 Å². The zero-order valence-corrected chi connectivity index (χ0v) is 10.1. The largest absolute Gasteiger partial charge is 0.257 e. The van der Waals surface area contributed by atoms with Crippen LogP contribution in [0.2, 0.25) is 0 Å². The molecule has 0 aromatic heterocycles. The first kappa shape index (κ1) is 12.5. The molecular formula is C12H18FNS. The summed E-state index contributed by atoms with van der Waals surface area (Å²) in [5, 5.41) is 0. The number of halogens is 1. The minimum Gasteiger partial charge on any atom is -0.257 e. The first-order valence-electron chi connectivity index (χ1n) is 5.44. The van der Waals surface area contributed by atoms with Crippen LogP contribution in [0.3, 0.4) is 0 Å². The van der Waals surface area contributed by atoms with Gasteiger partial charge in [-0.25, -0.2) is 4.39 Å². The van der Waals surface area contributed by atoms with Crippen molar-refractivity contribution in [3.8, 4) is 0 Å². The van der Waals surface area contributed by atoms with Crippen LogP contribution in [0.15, 0.2) is 29.2 Å². The van der Waals surface area contributed by atoms with Gasteiger partial charge in [0.05, 0.1) is 0 Å². The summed E-state index contributed by atoms with van der Waals surface area (Å²) in [5.41, 5.74) is 0. The lowest BCUT2D eigenvalue weighted by molar-refractivity contribution is 0.555. The highest BCUT2D eigenvalue weighted by molar-refractivity contribution is 7.97. The van der Waals surface area contributed by atoms with E-state index in [1.54, 1.807) is 24.1 Å². The number of nitrogens with one attached hydrogen (secondary N) is 1. The van der Waals surface area contributed by atoms with Crippen molar-refractivity contribution in [2.45, 2.75) is 44.0 Å². The average molecular weight is 227 g/mol. The maximum atomic E-state index is 12.6. The quantitative estimate of drug-likeness (QED) is 0.737. The fraction of sp³-hybridized carbons (Fsp3) is 0.500. The van der Waals surface area contributed by atoms with E-state index in [4.69, 9.17) is 0 Å². The molecule has 0 heterocycles. The Bertz CT molecular complexity index is 273. The van der Waals surface area contributed by atoms with Crippen LogP contribution in [-0.2, 0) is 0 Å². The van der Waals surface area contributed by atoms with Crippen molar-refractivity contribution in [3.05, 3.63) is 30.1 Å². The molecule has 0 aliphatic heterocycles. The molecule has 0 saturated carbocycles. The second kappa shape index (κ2) is 6.85. The molecule has 0 fully saturated rings. The van der Waals surface area contributed by atoms with Gasteiger partial charge in [0.1, 0.15) is 5.82 Å². The van der Waals surface area contributed by atoms with Crippen molar-refractivity contribution in [1.82, 2.24) is 4.72 Å². The molecule has 0 radical (unpaired) electrons. The van der Waals surface area contributed by atoms with Gasteiger partial charge >= 0.3 is 0 Å². The van der Waals surface area contributed by atoms with Gasteiger partial charge in [-0.3, -0.25) is 4.72 Å². The first-order valence-corrected chi connectivity index (χ1v) is 6.25. The van der Waals surface area contributed by atoms with Crippen LogP contribution in [0.1, 0.15) is 33.1 Å². The fourth-order valence-electron chi connectivity index (χ4n) is 1.35. The van der Waals surface area contributed by atoms with Gasteiger partial charge in [-0.1, -0.05) is 20.3 Å². The Morgan fingerprint density at radius 1 is 1.27 bits per heavy atom. The molecule has 1 atom stereocenters. The van der Waals surface area contributed by atoms with Gasteiger partial charge < -0.3 is 0 Å². The topological polar surface area (TPSA) is 12.0 Å². The smallest absolute Gasteiger partial charge is 0.123 e. The van der Waals surface area contributed by atoms with E-state index < -0.39 is 0 Å². The molecule has 84 valence electrons. The Kier molecular flexibility index (Phi) is 5.73. The molecule has 0 spiro atoms. The molecule has 1 rings (SSSR count). The third-order valence-corrected chi connectivity index (χ3v) is 3.25. The SMILES string of the molecule is CCCC(CC)NSc1ccc(F)cc1. The summed E-state index contributed by atoms with van der Waals surface area (Å²) in [7, 11) is 0. The van der Waals surface area contributed by atoms with Crippen molar-refractivity contribution >= 4 is 11.9 Å². The predicted molar refractivity (Wildman–Crippen MR) is 64.4 cm³/mol. The van der Waals surface area contributed by atoms with Crippen LogP contribution in [0, 0.1) is 5.82 Å². The monoisotopic (exact) mass is 227 g/mol. The summed E-state index contributed by atoms with van der Waals surface area (Å²) in [5.74, 6) is -0.181.